The number of carbonyl (C=O) groups excluding carboxylic acids is 1. The van der Waals surface area contributed by atoms with Gasteiger partial charge in [0, 0.05) is 5.56 Å². The Bertz CT molecular complexity index is 745. The van der Waals surface area contributed by atoms with Gasteiger partial charge in [-0.25, -0.2) is 13.4 Å². The molecule has 20 heavy (non-hydrogen) atoms. The molecule has 0 atom stereocenters. The van der Waals surface area contributed by atoms with Gasteiger partial charge in [0.25, 0.3) is 10.0 Å². The fraction of sp³-hybridized carbons (Fsp3) is 0. The van der Waals surface area contributed by atoms with Crippen LogP contribution in [0.4, 0.5) is 5.82 Å². The van der Waals surface area contributed by atoms with Crippen molar-refractivity contribution in [2.24, 2.45) is 5.73 Å². The Morgan fingerprint density at radius 1 is 1.15 bits per heavy atom. The van der Waals surface area contributed by atoms with Crippen LogP contribution in [0.5, 0.6) is 0 Å². The maximum absolute atomic E-state index is 12.1. The number of anilines is 1. The molecular weight excluding hydrogens is 346 g/mol. The van der Waals surface area contributed by atoms with E-state index in [4.69, 9.17) is 5.73 Å². The summed E-state index contributed by atoms with van der Waals surface area (Å²) in [7, 11) is -3.76. The first-order valence-corrected chi connectivity index (χ1v) is 7.71. The summed E-state index contributed by atoms with van der Waals surface area (Å²) >= 11 is 3.15. The molecule has 0 unspecified atom stereocenters. The van der Waals surface area contributed by atoms with Gasteiger partial charge in [0.1, 0.15) is 10.4 Å². The minimum atomic E-state index is -3.76. The van der Waals surface area contributed by atoms with Crippen molar-refractivity contribution >= 4 is 37.7 Å². The lowest BCUT2D eigenvalue weighted by Crippen LogP contribution is -2.15. The molecule has 0 bridgehead atoms. The standard InChI is InChI=1S/C12H10BrN3O3S/c13-10-2-1-3-11(15-10)16-20(18,19)9-6-4-8(5-7-9)12(14)17/h1-7H,(H2,14,17)(H,15,16). The molecule has 0 aliphatic heterocycles. The van der Waals surface area contributed by atoms with Crippen molar-refractivity contribution in [3.63, 3.8) is 0 Å². The Balaban J connectivity index is 2.28. The molecule has 1 aromatic carbocycles. The number of primary amides is 1. The summed E-state index contributed by atoms with van der Waals surface area (Å²) in [5.74, 6) is -0.422. The van der Waals surface area contributed by atoms with Gasteiger partial charge in [0.05, 0.1) is 4.90 Å². The Hall–Kier alpha value is -1.93. The fourth-order valence-corrected chi connectivity index (χ4v) is 2.80. The van der Waals surface area contributed by atoms with E-state index in [2.05, 4.69) is 25.6 Å². The molecule has 0 fully saturated rings. The lowest BCUT2D eigenvalue weighted by Gasteiger charge is -2.07. The van der Waals surface area contributed by atoms with Crippen LogP contribution in [0.2, 0.25) is 0 Å². The SMILES string of the molecule is NC(=O)c1ccc(S(=O)(=O)Nc2cccc(Br)n2)cc1. The summed E-state index contributed by atoms with van der Waals surface area (Å²) in [5.41, 5.74) is 5.33. The van der Waals surface area contributed by atoms with Gasteiger partial charge in [0.2, 0.25) is 5.91 Å². The first-order chi connectivity index (χ1) is 9.38. The highest BCUT2D eigenvalue weighted by molar-refractivity contribution is 9.10. The minimum Gasteiger partial charge on any atom is -0.366 e. The molecule has 1 amide bonds. The molecule has 0 saturated heterocycles. The highest BCUT2D eigenvalue weighted by Crippen LogP contribution is 2.16. The first kappa shape index (κ1) is 14.5. The molecule has 104 valence electrons. The van der Waals surface area contributed by atoms with E-state index in [1.165, 1.54) is 30.3 Å². The number of pyridine rings is 1. The number of benzene rings is 1. The van der Waals surface area contributed by atoms with Crippen molar-refractivity contribution in [2.45, 2.75) is 4.90 Å². The zero-order valence-corrected chi connectivity index (χ0v) is 12.5. The van der Waals surface area contributed by atoms with Crippen LogP contribution in [0.15, 0.2) is 52.0 Å². The maximum Gasteiger partial charge on any atom is 0.263 e. The number of hydrogen-bond donors (Lipinski definition) is 2. The third kappa shape index (κ3) is 3.34. The minimum absolute atomic E-state index is 0.0178. The van der Waals surface area contributed by atoms with Crippen LogP contribution < -0.4 is 10.5 Å². The zero-order valence-electron chi connectivity index (χ0n) is 10.1. The lowest BCUT2D eigenvalue weighted by molar-refractivity contribution is 0.1000. The number of rotatable bonds is 4. The van der Waals surface area contributed by atoms with Crippen LogP contribution in [0.1, 0.15) is 10.4 Å². The maximum atomic E-state index is 12.1. The number of nitrogens with zero attached hydrogens (tertiary/aromatic N) is 1. The average Bonchev–Trinajstić information content (AvgIpc) is 2.38. The molecule has 2 aromatic rings. The monoisotopic (exact) mass is 355 g/mol. The quantitative estimate of drug-likeness (QED) is 0.815. The summed E-state index contributed by atoms with van der Waals surface area (Å²) in [6.07, 6.45) is 0. The average molecular weight is 356 g/mol. The Morgan fingerprint density at radius 3 is 2.35 bits per heavy atom. The van der Waals surface area contributed by atoms with Crippen LogP contribution in [0, 0.1) is 0 Å². The van der Waals surface area contributed by atoms with Crippen molar-refractivity contribution in [3.8, 4) is 0 Å². The highest BCUT2D eigenvalue weighted by Gasteiger charge is 2.15. The second kappa shape index (κ2) is 5.59. The van der Waals surface area contributed by atoms with Crippen molar-refractivity contribution in [1.29, 1.82) is 0 Å². The van der Waals surface area contributed by atoms with Gasteiger partial charge in [-0.05, 0) is 52.3 Å². The summed E-state index contributed by atoms with van der Waals surface area (Å²) in [6, 6.07) is 10.2. The largest absolute Gasteiger partial charge is 0.366 e. The van der Waals surface area contributed by atoms with Crippen LogP contribution >= 0.6 is 15.9 Å². The van der Waals surface area contributed by atoms with E-state index in [9.17, 15) is 13.2 Å². The normalized spacial score (nSPS) is 11.1. The predicted molar refractivity (Wildman–Crippen MR) is 77.7 cm³/mol. The lowest BCUT2D eigenvalue weighted by atomic mass is 10.2. The van der Waals surface area contributed by atoms with E-state index in [0.717, 1.165) is 0 Å². The molecule has 6 nitrogen and oxygen atoms in total. The van der Waals surface area contributed by atoms with Crippen molar-refractivity contribution in [2.75, 3.05) is 4.72 Å². The van der Waals surface area contributed by atoms with E-state index in [1.54, 1.807) is 12.1 Å². The summed E-state index contributed by atoms with van der Waals surface area (Å²) in [4.78, 5) is 14.9. The second-order valence-electron chi connectivity index (χ2n) is 3.84. The van der Waals surface area contributed by atoms with Gasteiger partial charge in [-0.2, -0.15) is 0 Å². The Kier molecular flexibility index (Phi) is 4.05. The number of sulfonamides is 1. The fourth-order valence-electron chi connectivity index (χ4n) is 1.46. The van der Waals surface area contributed by atoms with Gasteiger partial charge in [-0.1, -0.05) is 6.07 Å². The molecule has 1 aromatic heterocycles. The molecule has 0 spiro atoms. The van der Waals surface area contributed by atoms with Gasteiger partial charge in [-0.15, -0.1) is 0 Å². The molecule has 0 saturated carbocycles. The van der Waals surface area contributed by atoms with E-state index < -0.39 is 15.9 Å². The number of halogens is 1. The number of hydrogen-bond acceptors (Lipinski definition) is 4. The smallest absolute Gasteiger partial charge is 0.263 e. The van der Waals surface area contributed by atoms with Crippen LogP contribution in [0.3, 0.4) is 0 Å². The van der Waals surface area contributed by atoms with Gasteiger partial charge in [-0.3, -0.25) is 9.52 Å². The van der Waals surface area contributed by atoms with E-state index in [1.807, 2.05) is 0 Å². The molecule has 0 aliphatic rings. The van der Waals surface area contributed by atoms with Gasteiger partial charge in [0.15, 0.2) is 0 Å². The van der Waals surface area contributed by atoms with E-state index in [0.29, 0.717) is 4.60 Å². The highest BCUT2D eigenvalue weighted by atomic mass is 79.9. The van der Waals surface area contributed by atoms with Crippen molar-refractivity contribution < 1.29 is 13.2 Å². The summed E-state index contributed by atoms with van der Waals surface area (Å²) in [5, 5.41) is 0. The second-order valence-corrected chi connectivity index (χ2v) is 6.33. The topological polar surface area (TPSA) is 102 Å². The third-order valence-electron chi connectivity index (χ3n) is 2.40. The number of amides is 1. The first-order valence-electron chi connectivity index (χ1n) is 5.44. The number of nitrogens with two attached hydrogens (primary N) is 1. The molecule has 0 aliphatic carbocycles. The zero-order chi connectivity index (χ0) is 14.8. The Morgan fingerprint density at radius 2 is 1.80 bits per heavy atom. The van der Waals surface area contributed by atoms with Crippen LogP contribution in [-0.4, -0.2) is 19.3 Å². The third-order valence-corrected chi connectivity index (χ3v) is 4.22. The van der Waals surface area contributed by atoms with E-state index >= 15 is 0 Å². The van der Waals surface area contributed by atoms with Crippen molar-refractivity contribution in [3.05, 3.63) is 52.6 Å². The molecular formula is C12H10BrN3O3S. The van der Waals surface area contributed by atoms with Crippen LogP contribution in [-0.2, 0) is 10.0 Å². The molecule has 0 radical (unpaired) electrons. The van der Waals surface area contributed by atoms with Gasteiger partial charge < -0.3 is 5.73 Å². The summed E-state index contributed by atoms with van der Waals surface area (Å²) < 4.78 is 27.1. The van der Waals surface area contributed by atoms with Crippen molar-refractivity contribution in [1.82, 2.24) is 4.98 Å². The predicted octanol–water partition coefficient (Wildman–Crippen LogP) is 1.74. The van der Waals surface area contributed by atoms with Crippen LogP contribution in [0.25, 0.3) is 0 Å². The molecule has 2 rings (SSSR count). The number of aromatic nitrogens is 1. The molecule has 8 heteroatoms. The Labute approximate surface area is 124 Å². The summed E-state index contributed by atoms with van der Waals surface area (Å²) in [6.45, 7) is 0. The molecule has 1 heterocycles. The van der Waals surface area contributed by atoms with Gasteiger partial charge >= 0.3 is 0 Å². The molecule has 3 N–H and O–H groups in total. The van der Waals surface area contributed by atoms with E-state index in [-0.39, 0.29) is 16.3 Å². The number of nitrogens with one attached hydrogen (secondary N) is 1. The number of carbonyl (C=O) groups is 1.